The van der Waals surface area contributed by atoms with E-state index in [4.69, 9.17) is 14.9 Å². The smallest absolute Gasteiger partial charge is 0.456 e. The van der Waals surface area contributed by atoms with Gasteiger partial charge in [-0.2, -0.15) is 0 Å². The van der Waals surface area contributed by atoms with E-state index in [-0.39, 0.29) is 46.0 Å². The number of fused-ring (bicyclic) bond motifs is 1. The van der Waals surface area contributed by atoms with Gasteiger partial charge >= 0.3 is 6.36 Å². The SMILES string of the molecule is CC(=O)Nc1cc2c(=O)cc(-c3ccc(C(=O)NCC(N)=O)cc3)oc2cc1Oc1ccc(OC(F)(F)F)cc1. The number of benzene rings is 3. The fourth-order valence-electron chi connectivity index (χ4n) is 3.59. The van der Waals surface area contributed by atoms with Crippen molar-refractivity contribution in [3.63, 3.8) is 0 Å². The highest BCUT2D eigenvalue weighted by Gasteiger charge is 2.31. The first kappa shape index (κ1) is 27.7. The third-order valence-corrected chi connectivity index (χ3v) is 5.28. The lowest BCUT2D eigenvalue weighted by molar-refractivity contribution is -0.274. The van der Waals surface area contributed by atoms with E-state index in [9.17, 15) is 32.3 Å². The van der Waals surface area contributed by atoms with Gasteiger partial charge in [0, 0.05) is 30.2 Å². The van der Waals surface area contributed by atoms with Crippen molar-refractivity contribution >= 4 is 34.4 Å². The molecule has 0 saturated carbocycles. The molecular formula is C27H20F3N3O7. The lowest BCUT2D eigenvalue weighted by Crippen LogP contribution is -2.33. The second-order valence-electron chi connectivity index (χ2n) is 8.35. The number of ether oxygens (including phenoxy) is 2. The Balaban J connectivity index is 1.67. The Hall–Kier alpha value is -5.33. The molecule has 4 aromatic rings. The van der Waals surface area contributed by atoms with Crippen LogP contribution in [0.2, 0.25) is 0 Å². The number of nitrogens with two attached hydrogens (primary N) is 1. The zero-order valence-corrected chi connectivity index (χ0v) is 20.6. The Morgan fingerprint density at radius 3 is 2.20 bits per heavy atom. The quantitative estimate of drug-likeness (QED) is 0.293. The molecule has 1 heterocycles. The summed E-state index contributed by atoms with van der Waals surface area (Å²) in [5.41, 5.74) is 5.50. The Morgan fingerprint density at radius 1 is 0.950 bits per heavy atom. The molecule has 0 aliphatic heterocycles. The zero-order valence-electron chi connectivity index (χ0n) is 20.6. The summed E-state index contributed by atoms with van der Waals surface area (Å²) < 4.78 is 52.9. The van der Waals surface area contributed by atoms with E-state index in [1.165, 1.54) is 61.5 Å². The summed E-state index contributed by atoms with van der Waals surface area (Å²) in [6.45, 7) is 0.928. The maximum absolute atomic E-state index is 12.9. The Kier molecular flexibility index (Phi) is 7.75. The first-order valence-corrected chi connectivity index (χ1v) is 11.5. The number of hydrogen-bond acceptors (Lipinski definition) is 7. The predicted molar refractivity (Wildman–Crippen MR) is 137 cm³/mol. The number of anilines is 1. The van der Waals surface area contributed by atoms with Gasteiger partial charge in [-0.1, -0.05) is 12.1 Å². The van der Waals surface area contributed by atoms with Crippen molar-refractivity contribution in [2.45, 2.75) is 13.3 Å². The van der Waals surface area contributed by atoms with Gasteiger partial charge in [0.2, 0.25) is 11.8 Å². The number of halogens is 3. The number of alkyl halides is 3. The van der Waals surface area contributed by atoms with Crippen molar-refractivity contribution in [2.24, 2.45) is 5.73 Å². The van der Waals surface area contributed by atoms with Gasteiger partial charge in [-0.15, -0.1) is 13.2 Å². The van der Waals surface area contributed by atoms with Crippen LogP contribution < -0.4 is 31.3 Å². The fraction of sp³-hybridized carbons (Fsp3) is 0.111. The van der Waals surface area contributed by atoms with E-state index >= 15 is 0 Å². The van der Waals surface area contributed by atoms with Gasteiger partial charge in [-0.25, -0.2) is 0 Å². The van der Waals surface area contributed by atoms with Gasteiger partial charge in [0.25, 0.3) is 5.91 Å². The summed E-state index contributed by atoms with van der Waals surface area (Å²) >= 11 is 0. The number of amides is 3. The molecule has 40 heavy (non-hydrogen) atoms. The zero-order chi connectivity index (χ0) is 29.0. The molecule has 0 unspecified atom stereocenters. The monoisotopic (exact) mass is 555 g/mol. The molecule has 206 valence electrons. The molecule has 3 aromatic carbocycles. The van der Waals surface area contributed by atoms with Gasteiger partial charge in [0.15, 0.2) is 11.2 Å². The van der Waals surface area contributed by atoms with E-state index < -0.39 is 35.3 Å². The van der Waals surface area contributed by atoms with Crippen LogP contribution in [0.25, 0.3) is 22.3 Å². The molecule has 13 heteroatoms. The average molecular weight is 555 g/mol. The van der Waals surface area contributed by atoms with E-state index in [1.807, 2.05) is 0 Å². The highest BCUT2D eigenvalue weighted by Crippen LogP contribution is 2.35. The largest absolute Gasteiger partial charge is 0.573 e. The Labute approximate surface area is 223 Å². The molecule has 10 nitrogen and oxygen atoms in total. The third kappa shape index (κ3) is 6.95. The van der Waals surface area contributed by atoms with Crippen molar-refractivity contribution < 1.29 is 41.4 Å². The molecule has 4 rings (SSSR count). The number of primary amides is 1. The third-order valence-electron chi connectivity index (χ3n) is 5.28. The first-order chi connectivity index (χ1) is 18.9. The summed E-state index contributed by atoms with van der Waals surface area (Å²) in [6.07, 6.45) is -4.85. The van der Waals surface area contributed by atoms with Crippen LogP contribution in [0.15, 0.2) is 75.9 Å². The van der Waals surface area contributed by atoms with Crippen LogP contribution in [0.3, 0.4) is 0 Å². The molecule has 0 bridgehead atoms. The molecule has 0 spiro atoms. The maximum atomic E-state index is 12.9. The molecule has 0 radical (unpaired) electrons. The van der Waals surface area contributed by atoms with Gasteiger partial charge in [0.05, 0.1) is 17.6 Å². The Morgan fingerprint density at radius 2 is 1.60 bits per heavy atom. The van der Waals surface area contributed by atoms with Gasteiger partial charge < -0.3 is 30.3 Å². The molecule has 4 N–H and O–H groups in total. The van der Waals surface area contributed by atoms with Crippen LogP contribution in [-0.2, 0) is 9.59 Å². The van der Waals surface area contributed by atoms with E-state index in [0.717, 1.165) is 12.1 Å². The second-order valence-corrected chi connectivity index (χ2v) is 8.35. The number of carbonyl (C=O) groups is 3. The van der Waals surface area contributed by atoms with Crippen molar-refractivity contribution in [1.82, 2.24) is 5.32 Å². The van der Waals surface area contributed by atoms with Crippen molar-refractivity contribution in [3.8, 4) is 28.6 Å². The number of hydrogen-bond donors (Lipinski definition) is 3. The molecule has 0 saturated heterocycles. The van der Waals surface area contributed by atoms with Crippen molar-refractivity contribution in [1.29, 1.82) is 0 Å². The summed E-state index contributed by atoms with van der Waals surface area (Å²) in [7, 11) is 0. The van der Waals surface area contributed by atoms with Crippen LogP contribution >= 0.6 is 0 Å². The van der Waals surface area contributed by atoms with E-state index in [2.05, 4.69) is 15.4 Å². The minimum absolute atomic E-state index is 0.0500. The van der Waals surface area contributed by atoms with Crippen LogP contribution in [0, 0.1) is 0 Å². The molecule has 0 fully saturated rings. The number of rotatable bonds is 8. The summed E-state index contributed by atoms with van der Waals surface area (Å²) in [5, 5.41) is 5.03. The number of nitrogens with one attached hydrogen (secondary N) is 2. The molecule has 0 aliphatic carbocycles. The average Bonchev–Trinajstić information content (AvgIpc) is 2.88. The van der Waals surface area contributed by atoms with Crippen LogP contribution in [0.1, 0.15) is 17.3 Å². The van der Waals surface area contributed by atoms with Gasteiger partial charge in [-0.3, -0.25) is 19.2 Å². The highest BCUT2D eigenvalue weighted by molar-refractivity contribution is 5.97. The fourth-order valence-corrected chi connectivity index (χ4v) is 3.59. The standard InChI is InChI=1S/C27H20F3N3O7/c1-14(34)33-20-10-19-21(35)11-22(15-2-4-16(5-3-15)26(37)32-13-25(31)36)39-23(19)12-24(20)38-17-6-8-18(9-7-17)40-27(28,29)30/h2-12H,13H2,1H3,(H2,31,36)(H,32,37)(H,33,34). The van der Waals surface area contributed by atoms with Crippen LogP contribution in [-0.4, -0.2) is 30.6 Å². The topological polar surface area (TPSA) is 150 Å². The van der Waals surface area contributed by atoms with Gasteiger partial charge in [0.1, 0.15) is 22.8 Å². The molecule has 0 aliphatic rings. The summed E-state index contributed by atoms with van der Waals surface area (Å²) in [5.74, 6) is -1.80. The van der Waals surface area contributed by atoms with Crippen molar-refractivity contribution in [3.05, 3.63) is 82.5 Å². The second kappa shape index (κ2) is 11.2. The number of carbonyl (C=O) groups excluding carboxylic acids is 3. The lowest BCUT2D eigenvalue weighted by Gasteiger charge is -2.14. The van der Waals surface area contributed by atoms with Crippen LogP contribution in [0.4, 0.5) is 18.9 Å². The minimum Gasteiger partial charge on any atom is -0.456 e. The summed E-state index contributed by atoms with van der Waals surface area (Å²) in [4.78, 5) is 47.7. The Bertz CT molecular complexity index is 1650. The van der Waals surface area contributed by atoms with Gasteiger partial charge in [-0.05, 0) is 42.5 Å². The van der Waals surface area contributed by atoms with E-state index in [0.29, 0.717) is 5.56 Å². The minimum atomic E-state index is -4.85. The van der Waals surface area contributed by atoms with Crippen LogP contribution in [0.5, 0.6) is 17.2 Å². The molecule has 0 atom stereocenters. The molecular weight excluding hydrogens is 535 g/mol. The van der Waals surface area contributed by atoms with Crippen molar-refractivity contribution in [2.75, 3.05) is 11.9 Å². The molecule has 3 amide bonds. The lowest BCUT2D eigenvalue weighted by atomic mass is 10.1. The first-order valence-electron chi connectivity index (χ1n) is 11.5. The maximum Gasteiger partial charge on any atom is 0.573 e. The molecule has 1 aromatic heterocycles. The predicted octanol–water partition coefficient (Wildman–Crippen LogP) is 4.32. The normalized spacial score (nSPS) is 11.1. The highest BCUT2D eigenvalue weighted by atomic mass is 19.4. The van der Waals surface area contributed by atoms with E-state index in [1.54, 1.807) is 0 Å². The summed E-state index contributed by atoms with van der Waals surface area (Å²) in [6, 6.07) is 14.5.